The molecule has 5 nitrogen and oxygen atoms in total. The number of benzene rings is 3. The molecule has 0 aliphatic carbocycles. The summed E-state index contributed by atoms with van der Waals surface area (Å²) < 4.78 is 1.06. The van der Waals surface area contributed by atoms with Gasteiger partial charge in [-0.05, 0) is 48.4 Å². The molecule has 7 heteroatoms. The van der Waals surface area contributed by atoms with Crippen LogP contribution in [0.3, 0.4) is 0 Å². The predicted molar refractivity (Wildman–Crippen MR) is 129 cm³/mol. The van der Waals surface area contributed by atoms with E-state index in [1.165, 1.54) is 28.7 Å². The van der Waals surface area contributed by atoms with E-state index in [4.69, 9.17) is 0 Å². The maximum absolute atomic E-state index is 12.4. The molecule has 0 bridgehead atoms. The molecule has 1 aromatic heterocycles. The average molecular weight is 448 g/mol. The van der Waals surface area contributed by atoms with Crippen molar-refractivity contribution in [2.75, 3.05) is 16.4 Å². The fraction of sp³-hybridized carbons (Fsp3) is 0.125. The van der Waals surface area contributed by atoms with Gasteiger partial charge in [-0.25, -0.2) is 4.98 Å². The molecule has 0 aliphatic heterocycles. The van der Waals surface area contributed by atoms with Crippen molar-refractivity contribution in [1.29, 1.82) is 0 Å². The number of hydrogen-bond acceptors (Lipinski definition) is 5. The van der Waals surface area contributed by atoms with Gasteiger partial charge >= 0.3 is 0 Å². The van der Waals surface area contributed by atoms with Crippen LogP contribution in [0.4, 0.5) is 10.8 Å². The van der Waals surface area contributed by atoms with Crippen LogP contribution < -0.4 is 10.6 Å². The van der Waals surface area contributed by atoms with Crippen molar-refractivity contribution in [2.45, 2.75) is 18.2 Å². The third-order valence-electron chi connectivity index (χ3n) is 4.49. The number of thioether (sulfide) groups is 1. The van der Waals surface area contributed by atoms with Gasteiger partial charge in [0.1, 0.15) is 0 Å². The van der Waals surface area contributed by atoms with Gasteiger partial charge in [-0.1, -0.05) is 53.8 Å². The molecule has 2 amide bonds. The first kappa shape index (κ1) is 21.1. The van der Waals surface area contributed by atoms with E-state index in [0.29, 0.717) is 17.2 Å². The minimum Gasteiger partial charge on any atom is -0.326 e. The van der Waals surface area contributed by atoms with Crippen LogP contribution >= 0.6 is 23.1 Å². The van der Waals surface area contributed by atoms with Crippen LogP contribution in [0.25, 0.3) is 10.2 Å². The molecular weight excluding hydrogens is 426 g/mol. The summed E-state index contributed by atoms with van der Waals surface area (Å²) >= 11 is 2.89. The number of carbonyl (C=O) groups is 2. The van der Waals surface area contributed by atoms with E-state index in [2.05, 4.69) is 21.7 Å². The lowest BCUT2D eigenvalue weighted by Crippen LogP contribution is -2.14. The molecule has 0 saturated heterocycles. The van der Waals surface area contributed by atoms with Gasteiger partial charge in [0.25, 0.3) is 0 Å². The molecule has 3 aromatic carbocycles. The lowest BCUT2D eigenvalue weighted by molar-refractivity contribution is -0.115. The molecule has 0 aliphatic rings. The van der Waals surface area contributed by atoms with Gasteiger partial charge < -0.3 is 10.6 Å². The Morgan fingerprint density at radius 3 is 2.61 bits per heavy atom. The summed E-state index contributed by atoms with van der Waals surface area (Å²) in [6, 6.07) is 23.2. The fourth-order valence-corrected chi connectivity index (χ4v) is 4.77. The summed E-state index contributed by atoms with van der Waals surface area (Å²) in [5, 5.41) is 6.39. The van der Waals surface area contributed by atoms with E-state index in [1.54, 1.807) is 0 Å². The highest BCUT2D eigenvalue weighted by Gasteiger charge is 2.10. The molecule has 0 unspecified atom stereocenters. The topological polar surface area (TPSA) is 71.1 Å². The lowest BCUT2D eigenvalue weighted by Gasteiger charge is -2.08. The standard InChI is InChI=1S/C24H21N3O2S2/c1-16-10-11-20-21(12-16)31-24(26-20)27-23(29)15-30-19-9-5-8-18(14-19)25-22(28)13-17-6-3-2-4-7-17/h2-12,14H,13,15H2,1H3,(H,25,28)(H,26,27,29). The first-order valence-corrected chi connectivity index (χ1v) is 11.6. The third-order valence-corrected chi connectivity index (χ3v) is 6.41. The van der Waals surface area contributed by atoms with Crippen molar-refractivity contribution in [3.63, 3.8) is 0 Å². The number of thiazole rings is 1. The summed E-state index contributed by atoms with van der Waals surface area (Å²) in [6.07, 6.45) is 0.322. The fourth-order valence-electron chi connectivity index (χ4n) is 3.04. The van der Waals surface area contributed by atoms with E-state index in [9.17, 15) is 9.59 Å². The molecule has 0 radical (unpaired) electrons. The first-order chi connectivity index (χ1) is 15.0. The van der Waals surface area contributed by atoms with Crippen molar-refractivity contribution in [3.05, 3.63) is 83.9 Å². The molecule has 0 spiro atoms. The second kappa shape index (κ2) is 9.76. The van der Waals surface area contributed by atoms with Crippen LogP contribution in [0.1, 0.15) is 11.1 Å². The SMILES string of the molecule is Cc1ccc2nc(NC(=O)CSc3cccc(NC(=O)Cc4ccccc4)c3)sc2c1. The molecule has 0 atom stereocenters. The van der Waals surface area contributed by atoms with Crippen LogP contribution in [0.2, 0.25) is 0 Å². The van der Waals surface area contributed by atoms with Gasteiger partial charge in [-0.2, -0.15) is 0 Å². The molecule has 0 saturated carbocycles. The lowest BCUT2D eigenvalue weighted by atomic mass is 10.1. The highest BCUT2D eigenvalue weighted by atomic mass is 32.2. The zero-order valence-corrected chi connectivity index (χ0v) is 18.6. The van der Waals surface area contributed by atoms with Crippen LogP contribution in [0, 0.1) is 6.92 Å². The zero-order chi connectivity index (χ0) is 21.6. The van der Waals surface area contributed by atoms with Gasteiger partial charge in [0, 0.05) is 10.6 Å². The molecule has 1 heterocycles. The summed E-state index contributed by atoms with van der Waals surface area (Å²) in [4.78, 5) is 30.0. The van der Waals surface area contributed by atoms with Crippen LogP contribution in [0.5, 0.6) is 0 Å². The Labute approximate surface area is 188 Å². The van der Waals surface area contributed by atoms with Crippen LogP contribution in [0.15, 0.2) is 77.7 Å². The van der Waals surface area contributed by atoms with Crippen LogP contribution in [-0.4, -0.2) is 22.6 Å². The summed E-state index contributed by atoms with van der Waals surface area (Å²) in [5.41, 5.74) is 3.73. The molecule has 0 fully saturated rings. The van der Waals surface area contributed by atoms with Crippen molar-refractivity contribution in [3.8, 4) is 0 Å². The normalized spacial score (nSPS) is 10.7. The molecule has 4 rings (SSSR count). The molecule has 2 N–H and O–H groups in total. The predicted octanol–water partition coefficient (Wildman–Crippen LogP) is 5.52. The number of hydrogen-bond donors (Lipinski definition) is 2. The van der Waals surface area contributed by atoms with Crippen molar-refractivity contribution in [1.82, 2.24) is 4.98 Å². The molecule has 156 valence electrons. The summed E-state index contributed by atoms with van der Waals surface area (Å²) in [6.45, 7) is 2.03. The summed E-state index contributed by atoms with van der Waals surface area (Å²) in [7, 11) is 0. The molecular formula is C24H21N3O2S2. The minimum atomic E-state index is -0.112. The average Bonchev–Trinajstić information content (AvgIpc) is 3.14. The van der Waals surface area contributed by atoms with E-state index in [0.717, 1.165) is 20.7 Å². The third kappa shape index (κ3) is 5.93. The number of fused-ring (bicyclic) bond motifs is 1. The molecule has 4 aromatic rings. The van der Waals surface area contributed by atoms with E-state index in [1.807, 2.05) is 73.7 Å². The van der Waals surface area contributed by atoms with Gasteiger partial charge in [0.15, 0.2) is 5.13 Å². The maximum atomic E-state index is 12.4. The van der Waals surface area contributed by atoms with Crippen molar-refractivity contribution < 1.29 is 9.59 Å². The Balaban J connectivity index is 1.30. The number of aryl methyl sites for hydroxylation is 1. The smallest absolute Gasteiger partial charge is 0.236 e. The second-order valence-corrected chi connectivity index (χ2v) is 9.14. The molecule has 31 heavy (non-hydrogen) atoms. The number of amides is 2. The number of rotatable bonds is 7. The monoisotopic (exact) mass is 447 g/mol. The Morgan fingerprint density at radius 2 is 1.77 bits per heavy atom. The van der Waals surface area contributed by atoms with Crippen LogP contribution in [-0.2, 0) is 16.0 Å². The Morgan fingerprint density at radius 1 is 0.935 bits per heavy atom. The van der Waals surface area contributed by atoms with Crippen molar-refractivity contribution >= 4 is 55.9 Å². The van der Waals surface area contributed by atoms with Gasteiger partial charge in [0.05, 0.1) is 22.4 Å². The first-order valence-electron chi connectivity index (χ1n) is 9.79. The zero-order valence-electron chi connectivity index (χ0n) is 16.9. The second-order valence-electron chi connectivity index (χ2n) is 7.07. The quantitative estimate of drug-likeness (QED) is 0.366. The minimum absolute atomic E-state index is 0.0721. The van der Waals surface area contributed by atoms with Crippen molar-refractivity contribution in [2.24, 2.45) is 0 Å². The number of nitrogens with one attached hydrogen (secondary N) is 2. The maximum Gasteiger partial charge on any atom is 0.236 e. The number of carbonyl (C=O) groups excluding carboxylic acids is 2. The van der Waals surface area contributed by atoms with Gasteiger partial charge in [0.2, 0.25) is 11.8 Å². The number of nitrogens with zero attached hydrogens (tertiary/aromatic N) is 1. The highest BCUT2D eigenvalue weighted by molar-refractivity contribution is 8.00. The Kier molecular flexibility index (Phi) is 6.64. The number of aromatic nitrogens is 1. The van der Waals surface area contributed by atoms with E-state index >= 15 is 0 Å². The van der Waals surface area contributed by atoms with Gasteiger partial charge in [-0.15, -0.1) is 11.8 Å². The largest absolute Gasteiger partial charge is 0.326 e. The van der Waals surface area contributed by atoms with Gasteiger partial charge in [-0.3, -0.25) is 9.59 Å². The Bertz CT molecular complexity index is 1220. The van der Waals surface area contributed by atoms with E-state index in [-0.39, 0.29) is 17.6 Å². The van der Waals surface area contributed by atoms with E-state index < -0.39 is 0 Å². The number of anilines is 2. The Hall–Kier alpha value is -3.16. The summed E-state index contributed by atoms with van der Waals surface area (Å²) in [5.74, 6) is 0.0765. The highest BCUT2D eigenvalue weighted by Crippen LogP contribution is 2.27.